The quantitative estimate of drug-likeness (QED) is 0.614. The molecule has 0 heterocycles. The second kappa shape index (κ2) is 4.42. The summed E-state index contributed by atoms with van der Waals surface area (Å²) in [5.74, 6) is -0.150. The number of hydrogen-bond donors (Lipinski definition) is 2. The molecule has 1 aliphatic carbocycles. The number of methoxy groups -OCH3 is 1. The summed E-state index contributed by atoms with van der Waals surface area (Å²) in [5.41, 5.74) is 0. The van der Waals surface area contributed by atoms with Gasteiger partial charge in [0.15, 0.2) is 0 Å². The SMILES string of the molecule is COCC(=O)N[C@@H]1CCC[C@H]1O. The summed E-state index contributed by atoms with van der Waals surface area (Å²) >= 11 is 0. The average molecular weight is 173 g/mol. The van der Waals surface area contributed by atoms with Crippen molar-refractivity contribution in [2.75, 3.05) is 13.7 Å². The third kappa shape index (κ3) is 2.46. The zero-order valence-electron chi connectivity index (χ0n) is 7.25. The van der Waals surface area contributed by atoms with Crippen LogP contribution in [-0.4, -0.2) is 36.9 Å². The first-order valence-corrected chi connectivity index (χ1v) is 4.20. The largest absolute Gasteiger partial charge is 0.391 e. The molecular formula is C8H15NO3. The summed E-state index contributed by atoms with van der Waals surface area (Å²) in [4.78, 5) is 11.0. The van der Waals surface area contributed by atoms with Crippen LogP contribution in [0, 0.1) is 0 Å². The highest BCUT2D eigenvalue weighted by atomic mass is 16.5. The van der Waals surface area contributed by atoms with Crippen molar-refractivity contribution in [1.82, 2.24) is 5.32 Å². The average Bonchev–Trinajstić information content (AvgIpc) is 2.37. The normalized spacial score (nSPS) is 28.8. The van der Waals surface area contributed by atoms with Crippen LogP contribution in [-0.2, 0) is 9.53 Å². The molecule has 0 aromatic carbocycles. The summed E-state index contributed by atoms with van der Waals surface area (Å²) in [6.07, 6.45) is 2.28. The van der Waals surface area contributed by atoms with Gasteiger partial charge in [0.2, 0.25) is 5.91 Å². The fourth-order valence-corrected chi connectivity index (χ4v) is 1.49. The minimum atomic E-state index is -0.370. The number of nitrogens with one attached hydrogen (secondary N) is 1. The van der Waals surface area contributed by atoms with Gasteiger partial charge in [-0.15, -0.1) is 0 Å². The van der Waals surface area contributed by atoms with Crippen LogP contribution in [0.5, 0.6) is 0 Å². The number of carbonyl (C=O) groups is 1. The molecule has 0 radical (unpaired) electrons. The van der Waals surface area contributed by atoms with Crippen molar-refractivity contribution >= 4 is 5.91 Å². The Morgan fingerprint density at radius 2 is 2.42 bits per heavy atom. The van der Waals surface area contributed by atoms with Gasteiger partial charge in [0.25, 0.3) is 0 Å². The van der Waals surface area contributed by atoms with Gasteiger partial charge >= 0.3 is 0 Å². The molecule has 2 atom stereocenters. The topological polar surface area (TPSA) is 58.6 Å². The minimum Gasteiger partial charge on any atom is -0.391 e. The Hall–Kier alpha value is -0.610. The Morgan fingerprint density at radius 3 is 2.92 bits per heavy atom. The van der Waals surface area contributed by atoms with Crippen LogP contribution in [0.2, 0.25) is 0 Å². The molecule has 70 valence electrons. The zero-order valence-corrected chi connectivity index (χ0v) is 7.25. The lowest BCUT2D eigenvalue weighted by Crippen LogP contribution is -2.41. The lowest BCUT2D eigenvalue weighted by Gasteiger charge is -2.15. The van der Waals surface area contributed by atoms with Crippen LogP contribution >= 0.6 is 0 Å². The van der Waals surface area contributed by atoms with Gasteiger partial charge in [-0.2, -0.15) is 0 Å². The van der Waals surface area contributed by atoms with Crippen LogP contribution in [0.1, 0.15) is 19.3 Å². The van der Waals surface area contributed by atoms with Crippen LogP contribution in [0.25, 0.3) is 0 Å². The van der Waals surface area contributed by atoms with Gasteiger partial charge in [-0.3, -0.25) is 4.79 Å². The predicted octanol–water partition coefficient (Wildman–Crippen LogP) is -0.338. The molecule has 12 heavy (non-hydrogen) atoms. The van der Waals surface area contributed by atoms with Gasteiger partial charge in [-0.1, -0.05) is 0 Å². The van der Waals surface area contributed by atoms with Gasteiger partial charge in [-0.25, -0.2) is 0 Å². The van der Waals surface area contributed by atoms with Gasteiger partial charge in [0, 0.05) is 7.11 Å². The number of amides is 1. The van der Waals surface area contributed by atoms with E-state index < -0.39 is 0 Å². The van der Waals surface area contributed by atoms with E-state index in [0.717, 1.165) is 19.3 Å². The van der Waals surface area contributed by atoms with E-state index >= 15 is 0 Å². The fraction of sp³-hybridized carbons (Fsp3) is 0.875. The van der Waals surface area contributed by atoms with E-state index in [-0.39, 0.29) is 24.7 Å². The van der Waals surface area contributed by atoms with E-state index in [0.29, 0.717) is 0 Å². The van der Waals surface area contributed by atoms with E-state index in [1.54, 1.807) is 0 Å². The highest BCUT2D eigenvalue weighted by Gasteiger charge is 2.26. The van der Waals surface area contributed by atoms with Crippen molar-refractivity contribution in [1.29, 1.82) is 0 Å². The Balaban J connectivity index is 2.25. The number of aliphatic hydroxyl groups excluding tert-OH is 1. The Morgan fingerprint density at radius 1 is 1.67 bits per heavy atom. The smallest absolute Gasteiger partial charge is 0.246 e. The Kier molecular flexibility index (Phi) is 3.49. The first-order valence-electron chi connectivity index (χ1n) is 4.20. The van der Waals surface area contributed by atoms with E-state index in [1.807, 2.05) is 0 Å². The van der Waals surface area contributed by atoms with Crippen molar-refractivity contribution in [2.45, 2.75) is 31.4 Å². The van der Waals surface area contributed by atoms with E-state index in [2.05, 4.69) is 10.1 Å². The van der Waals surface area contributed by atoms with Gasteiger partial charge in [0.05, 0.1) is 12.1 Å². The van der Waals surface area contributed by atoms with E-state index in [4.69, 9.17) is 0 Å². The highest BCUT2D eigenvalue weighted by Crippen LogP contribution is 2.18. The Labute approximate surface area is 71.9 Å². The van der Waals surface area contributed by atoms with Gasteiger partial charge in [-0.05, 0) is 19.3 Å². The molecule has 0 unspecified atom stereocenters. The summed E-state index contributed by atoms with van der Waals surface area (Å²) < 4.78 is 4.66. The number of hydrogen-bond acceptors (Lipinski definition) is 3. The molecule has 0 bridgehead atoms. The van der Waals surface area contributed by atoms with E-state index in [9.17, 15) is 9.90 Å². The summed E-state index contributed by atoms with van der Waals surface area (Å²) in [6.45, 7) is 0.0726. The second-order valence-electron chi connectivity index (χ2n) is 3.11. The van der Waals surface area contributed by atoms with Crippen LogP contribution in [0.15, 0.2) is 0 Å². The lowest BCUT2D eigenvalue weighted by molar-refractivity contribution is -0.126. The standard InChI is InChI=1S/C8H15NO3/c1-12-5-8(11)9-6-3-2-4-7(6)10/h6-7,10H,2-5H2,1H3,(H,9,11)/t6-,7-/m1/s1. The molecule has 2 N–H and O–H groups in total. The molecule has 0 aromatic heterocycles. The molecule has 1 aliphatic rings. The lowest BCUT2D eigenvalue weighted by atomic mass is 10.2. The number of carbonyl (C=O) groups excluding carboxylic acids is 1. The summed E-state index contributed by atoms with van der Waals surface area (Å²) in [6, 6.07) is -0.0624. The zero-order chi connectivity index (χ0) is 8.97. The molecular weight excluding hydrogens is 158 g/mol. The number of rotatable bonds is 3. The second-order valence-corrected chi connectivity index (χ2v) is 3.11. The van der Waals surface area contributed by atoms with Gasteiger partial charge in [0.1, 0.15) is 6.61 Å². The number of aliphatic hydroxyl groups is 1. The number of ether oxygens (including phenoxy) is 1. The highest BCUT2D eigenvalue weighted by molar-refractivity contribution is 5.77. The van der Waals surface area contributed by atoms with Crippen molar-refractivity contribution in [3.63, 3.8) is 0 Å². The molecule has 4 nitrogen and oxygen atoms in total. The molecule has 1 fully saturated rings. The van der Waals surface area contributed by atoms with Gasteiger partial charge < -0.3 is 15.2 Å². The third-order valence-electron chi connectivity index (χ3n) is 2.10. The predicted molar refractivity (Wildman–Crippen MR) is 43.7 cm³/mol. The molecule has 0 spiro atoms. The van der Waals surface area contributed by atoms with Crippen molar-refractivity contribution in [3.8, 4) is 0 Å². The maximum atomic E-state index is 11.0. The molecule has 1 amide bonds. The fourth-order valence-electron chi connectivity index (χ4n) is 1.49. The Bertz CT molecular complexity index is 160. The third-order valence-corrected chi connectivity index (χ3v) is 2.10. The van der Waals surface area contributed by atoms with Crippen LogP contribution in [0.3, 0.4) is 0 Å². The molecule has 1 rings (SSSR count). The van der Waals surface area contributed by atoms with Crippen LogP contribution < -0.4 is 5.32 Å². The van der Waals surface area contributed by atoms with E-state index in [1.165, 1.54) is 7.11 Å². The monoisotopic (exact) mass is 173 g/mol. The molecule has 0 saturated heterocycles. The summed E-state index contributed by atoms with van der Waals surface area (Å²) in [5, 5.41) is 12.1. The van der Waals surface area contributed by atoms with Crippen molar-refractivity contribution in [2.24, 2.45) is 0 Å². The maximum absolute atomic E-state index is 11.0. The summed E-state index contributed by atoms with van der Waals surface area (Å²) in [7, 11) is 1.48. The van der Waals surface area contributed by atoms with Crippen LogP contribution in [0.4, 0.5) is 0 Å². The molecule has 0 aliphatic heterocycles. The van der Waals surface area contributed by atoms with Crippen molar-refractivity contribution < 1.29 is 14.6 Å². The minimum absolute atomic E-state index is 0.0624. The molecule has 4 heteroatoms. The first kappa shape index (κ1) is 9.48. The first-order chi connectivity index (χ1) is 5.74. The van der Waals surface area contributed by atoms with Crippen molar-refractivity contribution in [3.05, 3.63) is 0 Å². The maximum Gasteiger partial charge on any atom is 0.246 e. The molecule has 0 aromatic rings. The molecule has 1 saturated carbocycles.